The Kier molecular flexibility index (Phi) is 7.53. The van der Waals surface area contributed by atoms with Gasteiger partial charge < -0.3 is 0 Å². The highest BCUT2D eigenvalue weighted by atomic mass is 32.1. The molecular weight excluding hydrogens is 675 g/mol. The van der Waals surface area contributed by atoms with Crippen molar-refractivity contribution in [1.29, 1.82) is 0 Å². The molecule has 0 saturated carbocycles. The smallest absolute Gasteiger partial charge is 0.164 e. The molecule has 2 aromatic heterocycles. The van der Waals surface area contributed by atoms with E-state index < -0.39 is 5.41 Å². The zero-order valence-corrected chi connectivity index (χ0v) is 30.2. The van der Waals surface area contributed by atoms with Gasteiger partial charge in [0.05, 0.1) is 5.41 Å². The lowest BCUT2D eigenvalue weighted by Gasteiger charge is -2.32. The third-order valence-electron chi connectivity index (χ3n) is 10.7. The van der Waals surface area contributed by atoms with Crippen LogP contribution in [0.2, 0.25) is 0 Å². The Labute approximate surface area is 319 Å². The van der Waals surface area contributed by atoms with Crippen LogP contribution < -0.4 is 0 Å². The predicted octanol–water partition coefficient (Wildman–Crippen LogP) is 12.7. The van der Waals surface area contributed by atoms with Crippen molar-refractivity contribution in [3.63, 3.8) is 0 Å². The van der Waals surface area contributed by atoms with Gasteiger partial charge in [0.2, 0.25) is 0 Å². The lowest BCUT2D eigenvalue weighted by molar-refractivity contribution is 0.791. The van der Waals surface area contributed by atoms with E-state index in [4.69, 9.17) is 15.0 Å². The van der Waals surface area contributed by atoms with Gasteiger partial charge in [0.15, 0.2) is 17.5 Å². The van der Waals surface area contributed by atoms with Crippen LogP contribution in [0.25, 0.3) is 71.7 Å². The molecule has 0 N–H and O–H groups in total. The standard InChI is InChI=1S/C50H33N3S/c1-3-37-38-24-14-16-26-41(38)50(40(37)4-2)42-27-17-15-25-39(42)43-44(50)46(32-18-8-5-9-19-32)54-45(43)33-28-30-36(31-29-33)49-52-47(34-20-10-6-11-21-34)51-48(53-49)35-22-12-7-13-23-35/h3-31H,1-2H2. The number of nitrogens with zero attached hydrogens (tertiary/aromatic N) is 3. The summed E-state index contributed by atoms with van der Waals surface area (Å²) in [6.07, 6.45) is 4.07. The van der Waals surface area contributed by atoms with Gasteiger partial charge in [-0.3, -0.25) is 0 Å². The van der Waals surface area contributed by atoms with E-state index in [2.05, 4.69) is 122 Å². The van der Waals surface area contributed by atoms with E-state index >= 15 is 0 Å². The summed E-state index contributed by atoms with van der Waals surface area (Å²) in [6, 6.07) is 57.5. The molecule has 0 saturated heterocycles. The first-order valence-electron chi connectivity index (χ1n) is 18.1. The van der Waals surface area contributed by atoms with Crippen molar-refractivity contribution in [3.05, 3.63) is 217 Å². The minimum Gasteiger partial charge on any atom is -0.208 e. The molecule has 1 spiro atoms. The Bertz CT molecular complexity index is 2720. The quantitative estimate of drug-likeness (QED) is 0.166. The van der Waals surface area contributed by atoms with E-state index in [0.29, 0.717) is 17.5 Å². The van der Waals surface area contributed by atoms with Crippen LogP contribution in [0.15, 0.2) is 195 Å². The summed E-state index contributed by atoms with van der Waals surface area (Å²) in [5.74, 6) is 1.94. The maximum atomic E-state index is 4.99. The molecule has 3 nitrogen and oxygen atoms in total. The van der Waals surface area contributed by atoms with Crippen LogP contribution in [-0.4, -0.2) is 15.0 Å². The summed E-state index contributed by atoms with van der Waals surface area (Å²) in [5, 5.41) is 0. The molecule has 0 radical (unpaired) electrons. The van der Waals surface area contributed by atoms with E-state index in [1.165, 1.54) is 54.3 Å². The Hall–Kier alpha value is -6.75. The van der Waals surface area contributed by atoms with Crippen molar-refractivity contribution in [2.24, 2.45) is 0 Å². The summed E-state index contributed by atoms with van der Waals surface area (Å²) in [4.78, 5) is 17.4. The van der Waals surface area contributed by atoms with Crippen molar-refractivity contribution in [1.82, 2.24) is 15.0 Å². The summed E-state index contributed by atoms with van der Waals surface area (Å²) in [6.45, 7) is 8.73. The van der Waals surface area contributed by atoms with Crippen LogP contribution in [0, 0.1) is 0 Å². The number of hydrogen-bond acceptors (Lipinski definition) is 4. The first-order chi connectivity index (χ1) is 26.7. The molecule has 8 aromatic rings. The van der Waals surface area contributed by atoms with E-state index in [-0.39, 0.29) is 0 Å². The Morgan fingerprint density at radius 1 is 0.426 bits per heavy atom. The maximum Gasteiger partial charge on any atom is 0.164 e. The van der Waals surface area contributed by atoms with Crippen molar-refractivity contribution in [2.45, 2.75) is 5.41 Å². The third kappa shape index (κ3) is 4.70. The van der Waals surface area contributed by atoms with Crippen LogP contribution in [0.1, 0.15) is 22.3 Å². The van der Waals surface area contributed by atoms with Crippen molar-refractivity contribution >= 4 is 16.9 Å². The van der Waals surface area contributed by atoms with Crippen molar-refractivity contribution < 1.29 is 0 Å². The van der Waals surface area contributed by atoms with Gasteiger partial charge in [0.1, 0.15) is 0 Å². The number of allylic oxidation sites excluding steroid dienone is 4. The second-order valence-electron chi connectivity index (χ2n) is 13.6. The number of thiophene rings is 1. The summed E-state index contributed by atoms with van der Waals surface area (Å²) in [7, 11) is 0. The second kappa shape index (κ2) is 12.7. The second-order valence-corrected chi connectivity index (χ2v) is 14.6. The topological polar surface area (TPSA) is 38.7 Å². The molecule has 4 heteroatoms. The number of aromatic nitrogens is 3. The highest BCUT2D eigenvalue weighted by Crippen LogP contribution is 2.67. The molecule has 1 unspecified atom stereocenters. The fraction of sp³-hybridized carbons (Fsp3) is 0.0200. The van der Waals surface area contributed by atoms with Gasteiger partial charge in [-0.1, -0.05) is 189 Å². The third-order valence-corrected chi connectivity index (χ3v) is 12.0. The summed E-state index contributed by atoms with van der Waals surface area (Å²) < 4.78 is 0. The van der Waals surface area contributed by atoms with Crippen LogP contribution in [0.5, 0.6) is 0 Å². The van der Waals surface area contributed by atoms with E-state index in [1.807, 2.05) is 78.1 Å². The zero-order valence-electron chi connectivity index (χ0n) is 29.4. The van der Waals surface area contributed by atoms with Gasteiger partial charge in [-0.05, 0) is 50.1 Å². The number of fused-ring (bicyclic) bond motifs is 7. The lowest BCUT2D eigenvalue weighted by Crippen LogP contribution is -2.27. The monoisotopic (exact) mass is 707 g/mol. The van der Waals surface area contributed by atoms with E-state index in [9.17, 15) is 0 Å². The van der Waals surface area contributed by atoms with Gasteiger partial charge >= 0.3 is 0 Å². The predicted molar refractivity (Wildman–Crippen MR) is 224 cm³/mol. The fourth-order valence-corrected chi connectivity index (χ4v) is 9.88. The van der Waals surface area contributed by atoms with Gasteiger partial charge in [0.25, 0.3) is 0 Å². The van der Waals surface area contributed by atoms with Crippen LogP contribution in [-0.2, 0) is 5.41 Å². The average Bonchev–Trinajstić information content (AvgIpc) is 3.88. The molecule has 2 aliphatic carbocycles. The maximum absolute atomic E-state index is 4.99. The molecule has 2 aliphatic rings. The van der Waals surface area contributed by atoms with Crippen molar-refractivity contribution in [3.8, 4) is 66.2 Å². The summed E-state index contributed by atoms with van der Waals surface area (Å²) in [5.41, 5.74) is 14.6. The normalized spacial score (nSPS) is 15.2. The molecule has 0 fully saturated rings. The van der Waals surface area contributed by atoms with Crippen molar-refractivity contribution in [2.75, 3.05) is 0 Å². The average molecular weight is 708 g/mol. The molecule has 0 aliphatic heterocycles. The SMILES string of the molecule is C=CC1=C(C=C)C2(c3ccccc31)c1ccccc1-c1c(-c3ccc(-c4nc(-c5ccccc5)nc(-c5ccccc5)n4)cc3)sc(-c3ccccc3)c12. The highest BCUT2D eigenvalue weighted by Gasteiger charge is 2.54. The number of benzene rings is 6. The fourth-order valence-electron chi connectivity index (χ4n) is 8.49. The minimum atomic E-state index is -0.528. The molecule has 0 bridgehead atoms. The first-order valence-corrected chi connectivity index (χ1v) is 18.9. The molecule has 0 amide bonds. The molecule has 1 atom stereocenters. The molecule has 54 heavy (non-hydrogen) atoms. The molecule has 10 rings (SSSR count). The van der Waals surface area contributed by atoms with E-state index in [1.54, 1.807) is 0 Å². The number of hydrogen-bond donors (Lipinski definition) is 0. The lowest BCUT2D eigenvalue weighted by atomic mass is 9.69. The van der Waals surface area contributed by atoms with Gasteiger partial charge in [-0.25, -0.2) is 15.0 Å². The summed E-state index contributed by atoms with van der Waals surface area (Å²) >= 11 is 1.87. The Balaban J connectivity index is 1.19. The van der Waals surface area contributed by atoms with Gasteiger partial charge in [-0.15, -0.1) is 11.3 Å². The van der Waals surface area contributed by atoms with Gasteiger partial charge in [0, 0.05) is 32.0 Å². The first kappa shape index (κ1) is 31.9. The molecule has 254 valence electrons. The van der Waals surface area contributed by atoms with E-state index in [0.717, 1.165) is 27.8 Å². The highest BCUT2D eigenvalue weighted by molar-refractivity contribution is 7.19. The van der Waals surface area contributed by atoms with Crippen LogP contribution >= 0.6 is 11.3 Å². The molecule has 2 heterocycles. The molecular formula is C50H33N3S. The number of rotatable bonds is 7. The zero-order chi connectivity index (χ0) is 36.2. The Morgan fingerprint density at radius 2 is 0.852 bits per heavy atom. The van der Waals surface area contributed by atoms with Crippen LogP contribution in [0.3, 0.4) is 0 Å². The minimum absolute atomic E-state index is 0.528. The van der Waals surface area contributed by atoms with Crippen LogP contribution in [0.4, 0.5) is 0 Å². The van der Waals surface area contributed by atoms with Gasteiger partial charge in [-0.2, -0.15) is 0 Å². The molecule has 6 aromatic carbocycles. The Morgan fingerprint density at radius 3 is 1.39 bits per heavy atom. The largest absolute Gasteiger partial charge is 0.208 e.